The number of para-hydroxylation sites is 1. The predicted octanol–water partition coefficient (Wildman–Crippen LogP) is 3.41. The molecule has 6 heteroatoms. The van der Waals surface area contributed by atoms with E-state index < -0.39 is 5.97 Å². The number of benzene rings is 1. The molecule has 2 rings (SSSR count). The van der Waals surface area contributed by atoms with Gasteiger partial charge in [-0.2, -0.15) is 0 Å². The summed E-state index contributed by atoms with van der Waals surface area (Å²) in [5, 5.41) is 12.8. The van der Waals surface area contributed by atoms with E-state index in [1.165, 1.54) is 17.4 Å². The fraction of sp³-hybridized carbons (Fsp3) is 0.250. The first-order valence-electron chi connectivity index (χ1n) is 6.81. The topological polar surface area (TPSA) is 65.5 Å². The van der Waals surface area contributed by atoms with Crippen LogP contribution in [0, 0.1) is 0 Å². The van der Waals surface area contributed by atoms with Gasteiger partial charge in [0.1, 0.15) is 0 Å². The summed E-state index contributed by atoms with van der Waals surface area (Å²) in [6.07, 6.45) is 1.22. The third-order valence-corrected chi connectivity index (χ3v) is 4.39. The van der Waals surface area contributed by atoms with Crippen molar-refractivity contribution in [3.05, 3.63) is 35.2 Å². The maximum absolute atomic E-state index is 11.0. The van der Waals surface area contributed by atoms with E-state index >= 15 is 0 Å². The second kappa shape index (κ2) is 6.62. The molecule has 0 saturated heterocycles. The molecule has 0 amide bonds. The average Bonchev–Trinajstić information content (AvgIpc) is 2.90. The standard InChI is InChI=1S/C16H19N3O2S/c1-10(9-13(20)21)15-14(18-16(17-2)22-15)11-7-5-6-8-12(11)19(3)4/h5-9H,1-4H3,(H,17,18)(H,20,21)/b10-9+. The number of allylic oxidation sites excluding steroid dienone is 1. The zero-order valence-electron chi connectivity index (χ0n) is 13.0. The Morgan fingerprint density at radius 2 is 2.05 bits per heavy atom. The third kappa shape index (κ3) is 3.28. The lowest BCUT2D eigenvalue weighted by Gasteiger charge is -2.17. The maximum Gasteiger partial charge on any atom is 0.328 e. The lowest BCUT2D eigenvalue weighted by Crippen LogP contribution is -2.10. The first kappa shape index (κ1) is 16.0. The van der Waals surface area contributed by atoms with Crippen LogP contribution in [0.15, 0.2) is 30.3 Å². The molecule has 0 aliphatic rings. The predicted molar refractivity (Wildman–Crippen MR) is 92.7 cm³/mol. The molecule has 1 aromatic heterocycles. The zero-order chi connectivity index (χ0) is 16.3. The number of aliphatic carboxylic acids is 1. The molecule has 0 aliphatic carbocycles. The molecule has 1 aromatic carbocycles. The normalized spacial score (nSPS) is 11.4. The van der Waals surface area contributed by atoms with Gasteiger partial charge in [0, 0.05) is 38.5 Å². The number of nitrogens with zero attached hydrogens (tertiary/aromatic N) is 2. The molecular weight excluding hydrogens is 298 g/mol. The van der Waals surface area contributed by atoms with Gasteiger partial charge in [0.05, 0.1) is 10.6 Å². The van der Waals surface area contributed by atoms with Gasteiger partial charge in [0.15, 0.2) is 5.13 Å². The summed E-state index contributed by atoms with van der Waals surface area (Å²) in [4.78, 5) is 18.5. The number of hydrogen-bond acceptors (Lipinski definition) is 5. The third-order valence-electron chi connectivity index (χ3n) is 3.18. The molecule has 0 spiro atoms. The van der Waals surface area contributed by atoms with E-state index in [-0.39, 0.29) is 0 Å². The number of thiazole rings is 1. The van der Waals surface area contributed by atoms with Crippen LogP contribution >= 0.6 is 11.3 Å². The molecule has 0 fully saturated rings. The minimum Gasteiger partial charge on any atom is -0.478 e. The molecular formula is C16H19N3O2S. The second-order valence-electron chi connectivity index (χ2n) is 5.02. The number of carbonyl (C=O) groups is 1. The van der Waals surface area contributed by atoms with Gasteiger partial charge in [-0.05, 0) is 18.6 Å². The number of hydrogen-bond donors (Lipinski definition) is 2. The Bertz CT molecular complexity index is 720. The van der Waals surface area contributed by atoms with Crippen LogP contribution in [0.3, 0.4) is 0 Å². The Labute approximate surface area is 133 Å². The second-order valence-corrected chi connectivity index (χ2v) is 6.02. The molecule has 0 aliphatic heterocycles. The van der Waals surface area contributed by atoms with E-state index in [1.54, 1.807) is 14.0 Å². The number of anilines is 2. The monoisotopic (exact) mass is 317 g/mol. The summed E-state index contributed by atoms with van der Waals surface area (Å²) in [5.74, 6) is -0.955. The molecule has 1 heterocycles. The summed E-state index contributed by atoms with van der Waals surface area (Å²) in [5.41, 5.74) is 3.52. The number of aromatic nitrogens is 1. The van der Waals surface area contributed by atoms with Crippen LogP contribution in [0.2, 0.25) is 0 Å². The summed E-state index contributed by atoms with van der Waals surface area (Å²) in [6.45, 7) is 1.79. The first-order chi connectivity index (χ1) is 10.4. The Morgan fingerprint density at radius 1 is 1.36 bits per heavy atom. The van der Waals surface area contributed by atoms with Crippen LogP contribution in [-0.4, -0.2) is 37.2 Å². The van der Waals surface area contributed by atoms with E-state index in [0.29, 0.717) is 5.57 Å². The number of rotatable bonds is 5. The van der Waals surface area contributed by atoms with Gasteiger partial charge in [-0.3, -0.25) is 0 Å². The highest BCUT2D eigenvalue weighted by Crippen LogP contribution is 2.39. The van der Waals surface area contributed by atoms with Crippen molar-refractivity contribution in [1.29, 1.82) is 0 Å². The highest BCUT2D eigenvalue weighted by molar-refractivity contribution is 7.17. The van der Waals surface area contributed by atoms with Crippen molar-refractivity contribution in [1.82, 2.24) is 4.98 Å². The van der Waals surface area contributed by atoms with Crippen molar-refractivity contribution in [2.24, 2.45) is 0 Å². The van der Waals surface area contributed by atoms with Crippen molar-refractivity contribution in [2.75, 3.05) is 31.4 Å². The number of carboxylic acids is 1. The molecule has 0 unspecified atom stereocenters. The van der Waals surface area contributed by atoms with Crippen LogP contribution in [0.4, 0.5) is 10.8 Å². The van der Waals surface area contributed by atoms with Gasteiger partial charge >= 0.3 is 5.97 Å². The minimum absolute atomic E-state index is 0.690. The van der Waals surface area contributed by atoms with Gasteiger partial charge in [0.2, 0.25) is 0 Å². The molecule has 0 bridgehead atoms. The van der Waals surface area contributed by atoms with E-state index in [0.717, 1.165) is 27.0 Å². The molecule has 0 atom stereocenters. The first-order valence-corrected chi connectivity index (χ1v) is 7.62. The Morgan fingerprint density at radius 3 is 2.64 bits per heavy atom. The van der Waals surface area contributed by atoms with Crippen molar-refractivity contribution < 1.29 is 9.90 Å². The molecule has 2 aromatic rings. The van der Waals surface area contributed by atoms with Crippen molar-refractivity contribution in [3.63, 3.8) is 0 Å². The van der Waals surface area contributed by atoms with Crippen LogP contribution in [0.5, 0.6) is 0 Å². The highest BCUT2D eigenvalue weighted by Gasteiger charge is 2.18. The lowest BCUT2D eigenvalue weighted by molar-refractivity contribution is -0.131. The van der Waals surface area contributed by atoms with Crippen molar-refractivity contribution in [2.45, 2.75) is 6.92 Å². The molecule has 0 radical (unpaired) electrons. The Kier molecular flexibility index (Phi) is 4.82. The fourth-order valence-corrected chi connectivity index (χ4v) is 3.10. The van der Waals surface area contributed by atoms with Gasteiger partial charge in [0.25, 0.3) is 0 Å². The smallest absolute Gasteiger partial charge is 0.328 e. The Hall–Kier alpha value is -2.34. The quantitative estimate of drug-likeness (QED) is 0.827. The summed E-state index contributed by atoms with van der Waals surface area (Å²) >= 11 is 1.45. The van der Waals surface area contributed by atoms with Gasteiger partial charge in [-0.25, -0.2) is 9.78 Å². The molecule has 0 saturated carbocycles. The maximum atomic E-state index is 11.0. The van der Waals surface area contributed by atoms with Crippen LogP contribution in [0.1, 0.15) is 11.8 Å². The number of nitrogens with one attached hydrogen (secondary N) is 1. The minimum atomic E-state index is -0.955. The van der Waals surface area contributed by atoms with Gasteiger partial charge < -0.3 is 15.3 Å². The largest absolute Gasteiger partial charge is 0.478 e. The average molecular weight is 317 g/mol. The zero-order valence-corrected chi connectivity index (χ0v) is 13.9. The molecule has 2 N–H and O–H groups in total. The number of carboxylic acid groups (broad SMARTS) is 1. The van der Waals surface area contributed by atoms with E-state index in [4.69, 9.17) is 5.11 Å². The fourth-order valence-electron chi connectivity index (χ4n) is 2.19. The summed E-state index contributed by atoms with van der Waals surface area (Å²) < 4.78 is 0. The highest BCUT2D eigenvalue weighted by atomic mass is 32.1. The molecule has 5 nitrogen and oxygen atoms in total. The van der Waals surface area contributed by atoms with Crippen LogP contribution in [0.25, 0.3) is 16.8 Å². The SMILES string of the molecule is CNc1nc(-c2ccccc2N(C)C)c(/C(C)=C/C(=O)O)s1. The lowest BCUT2D eigenvalue weighted by atomic mass is 10.1. The van der Waals surface area contributed by atoms with Crippen molar-refractivity contribution in [3.8, 4) is 11.3 Å². The van der Waals surface area contributed by atoms with Crippen molar-refractivity contribution >= 4 is 33.7 Å². The van der Waals surface area contributed by atoms with Crippen LogP contribution in [-0.2, 0) is 4.79 Å². The summed E-state index contributed by atoms with van der Waals surface area (Å²) in [7, 11) is 5.76. The van der Waals surface area contributed by atoms with E-state index in [1.807, 2.05) is 43.3 Å². The Balaban J connectivity index is 2.66. The summed E-state index contributed by atoms with van der Waals surface area (Å²) in [6, 6.07) is 7.96. The molecule has 116 valence electrons. The van der Waals surface area contributed by atoms with Gasteiger partial charge in [-0.15, -0.1) is 0 Å². The van der Waals surface area contributed by atoms with Crippen LogP contribution < -0.4 is 10.2 Å². The van der Waals surface area contributed by atoms with Gasteiger partial charge in [-0.1, -0.05) is 29.5 Å². The van der Waals surface area contributed by atoms with E-state index in [2.05, 4.69) is 10.3 Å². The molecule has 22 heavy (non-hydrogen) atoms. The van der Waals surface area contributed by atoms with E-state index in [9.17, 15) is 4.79 Å².